The van der Waals surface area contributed by atoms with Crippen molar-refractivity contribution in [2.45, 2.75) is 10.8 Å². The molecule has 2 aromatic heterocycles. The lowest BCUT2D eigenvalue weighted by molar-refractivity contribution is 0.768. The van der Waals surface area contributed by atoms with Crippen molar-refractivity contribution in [3.63, 3.8) is 0 Å². The van der Waals surface area contributed by atoms with E-state index in [1.165, 1.54) is 94.2 Å². The van der Waals surface area contributed by atoms with E-state index < -0.39 is 10.8 Å². The zero-order valence-corrected chi connectivity index (χ0v) is 61.8. The van der Waals surface area contributed by atoms with E-state index >= 15 is 0 Å². The summed E-state index contributed by atoms with van der Waals surface area (Å²) in [5.41, 5.74) is 28.8. The van der Waals surface area contributed by atoms with E-state index in [0.717, 1.165) is 93.5 Å². The van der Waals surface area contributed by atoms with Crippen molar-refractivity contribution >= 4 is 43.1 Å². The first-order chi connectivity index (χ1) is 56.4. The van der Waals surface area contributed by atoms with E-state index in [0.29, 0.717) is 34.9 Å². The topological polar surface area (TPSA) is 77.3 Å². The van der Waals surface area contributed by atoms with Crippen molar-refractivity contribution in [2.24, 2.45) is 0 Å². The summed E-state index contributed by atoms with van der Waals surface area (Å²) >= 11 is 0. The van der Waals surface area contributed by atoms with Gasteiger partial charge in [0, 0.05) is 33.4 Å². The molecule has 0 bridgehead atoms. The quantitative estimate of drug-likeness (QED) is 0.128. The van der Waals surface area contributed by atoms with Gasteiger partial charge in [-0.25, -0.2) is 29.9 Å². The number of fused-ring (bicyclic) bond motifs is 17. The van der Waals surface area contributed by atoms with Crippen LogP contribution in [0.5, 0.6) is 0 Å². The lowest BCUT2D eigenvalue weighted by Gasteiger charge is -2.34. The van der Waals surface area contributed by atoms with Crippen LogP contribution in [0.2, 0.25) is 0 Å². The molecule has 0 saturated carbocycles. The van der Waals surface area contributed by atoms with Crippen molar-refractivity contribution in [1.29, 1.82) is 0 Å². The van der Waals surface area contributed by atoms with E-state index in [1.807, 2.05) is 0 Å². The van der Waals surface area contributed by atoms with Crippen LogP contribution in [-0.2, 0) is 10.8 Å². The summed E-state index contributed by atoms with van der Waals surface area (Å²) in [6.07, 6.45) is 0. The number of benzene rings is 18. The Morgan fingerprint density at radius 3 is 0.947 bits per heavy atom. The molecule has 0 fully saturated rings. The first-order valence-electron chi connectivity index (χ1n) is 39.0. The number of hydrogen-bond donors (Lipinski definition) is 0. The molecular formula is C108H66N6. The molecule has 18 aromatic carbocycles. The molecule has 20 aromatic rings. The Morgan fingerprint density at radius 1 is 0.140 bits per heavy atom. The molecule has 23 rings (SSSR count). The fraction of sp³-hybridized carbons (Fsp3) is 0.0185. The fourth-order valence-electron chi connectivity index (χ4n) is 18.9. The summed E-state index contributed by atoms with van der Waals surface area (Å²) in [6, 6.07) is 146. The van der Waals surface area contributed by atoms with E-state index in [4.69, 9.17) is 29.9 Å². The normalized spacial score (nSPS) is 13.1. The summed E-state index contributed by atoms with van der Waals surface area (Å²) in [7, 11) is 0. The molecule has 0 N–H and O–H groups in total. The van der Waals surface area contributed by atoms with Crippen LogP contribution in [-0.4, -0.2) is 29.9 Å². The molecule has 0 saturated heterocycles. The minimum Gasteiger partial charge on any atom is -0.208 e. The molecule has 0 unspecified atom stereocenters. The standard InChI is InChI=1S/C108H66N6/c1-3-26-86(27-4-1)107(87-28-5-2-6-29-87)96-36-18-15-32-92(96)100-88(33-19-37-98(100)107)72-45-49-74(50-46-72)102-111-105(83-54-43-69-22-9-12-25-77(69)62-83)114-106(112-102)84-55-44-71-40-51-78(63-85(71)64-84)79-57-59-97-93(65-79)91-58-56-80(66-99(91)108(97)94-34-16-13-30-89(94)90-31-14-17-35-95(90)108)70-38-47-73(48-39-70)101-109-103(81-52-41-67-20-7-10-23-75(67)60-81)113-104(110-101)82-53-42-68-21-8-11-24-76(68)61-82/h1-66H. The molecule has 3 aliphatic rings. The van der Waals surface area contributed by atoms with Crippen LogP contribution < -0.4 is 0 Å². The molecule has 528 valence electrons. The minimum absolute atomic E-state index is 0.506. The Hall–Kier alpha value is -15.0. The fourth-order valence-corrected chi connectivity index (χ4v) is 18.9. The van der Waals surface area contributed by atoms with E-state index in [-0.39, 0.29) is 0 Å². The van der Waals surface area contributed by atoms with E-state index in [2.05, 4.69) is 400 Å². The largest absolute Gasteiger partial charge is 0.208 e. The smallest absolute Gasteiger partial charge is 0.164 e. The van der Waals surface area contributed by atoms with Gasteiger partial charge in [0.05, 0.1) is 10.8 Å². The second kappa shape index (κ2) is 25.8. The van der Waals surface area contributed by atoms with E-state index in [9.17, 15) is 0 Å². The average Bonchev–Trinajstić information content (AvgIpc) is 1.51. The third kappa shape index (κ3) is 10.2. The molecule has 3 aliphatic carbocycles. The highest BCUT2D eigenvalue weighted by molar-refractivity contribution is 6.00. The van der Waals surface area contributed by atoms with Crippen molar-refractivity contribution in [3.05, 3.63) is 445 Å². The van der Waals surface area contributed by atoms with Crippen molar-refractivity contribution in [2.75, 3.05) is 0 Å². The van der Waals surface area contributed by atoms with Gasteiger partial charge in [-0.15, -0.1) is 0 Å². The summed E-state index contributed by atoms with van der Waals surface area (Å²) in [4.78, 5) is 31.7. The Labute approximate surface area is 659 Å². The van der Waals surface area contributed by atoms with Gasteiger partial charge in [-0.05, 0) is 197 Å². The Morgan fingerprint density at radius 2 is 0.447 bits per heavy atom. The Kier molecular flexibility index (Phi) is 14.7. The summed E-state index contributed by atoms with van der Waals surface area (Å²) in [6.45, 7) is 0. The third-order valence-corrected chi connectivity index (χ3v) is 24.2. The van der Waals surface area contributed by atoms with Crippen molar-refractivity contribution in [3.8, 4) is 135 Å². The second-order valence-corrected chi connectivity index (χ2v) is 30.3. The van der Waals surface area contributed by atoms with Gasteiger partial charge in [0.15, 0.2) is 34.9 Å². The van der Waals surface area contributed by atoms with Crippen LogP contribution >= 0.6 is 0 Å². The lowest BCUT2D eigenvalue weighted by atomic mass is 9.67. The van der Waals surface area contributed by atoms with Crippen LogP contribution in [0.3, 0.4) is 0 Å². The molecular weight excluding hydrogens is 1380 g/mol. The van der Waals surface area contributed by atoms with Gasteiger partial charge in [0.2, 0.25) is 0 Å². The highest BCUT2D eigenvalue weighted by Crippen LogP contribution is 2.64. The predicted molar refractivity (Wildman–Crippen MR) is 466 cm³/mol. The maximum atomic E-state index is 5.40. The highest BCUT2D eigenvalue weighted by Gasteiger charge is 2.52. The molecule has 1 spiro atoms. The average molecular weight is 1450 g/mol. The summed E-state index contributed by atoms with van der Waals surface area (Å²) in [5, 5.41) is 9.08. The van der Waals surface area contributed by atoms with E-state index in [1.54, 1.807) is 0 Å². The van der Waals surface area contributed by atoms with Gasteiger partial charge in [-0.1, -0.05) is 358 Å². The molecule has 0 radical (unpaired) electrons. The van der Waals surface area contributed by atoms with Crippen LogP contribution in [0, 0.1) is 0 Å². The van der Waals surface area contributed by atoms with Gasteiger partial charge >= 0.3 is 0 Å². The van der Waals surface area contributed by atoms with Gasteiger partial charge in [0.25, 0.3) is 0 Å². The first kappa shape index (κ1) is 65.0. The van der Waals surface area contributed by atoms with Gasteiger partial charge in [-0.2, -0.15) is 0 Å². The molecule has 114 heavy (non-hydrogen) atoms. The predicted octanol–water partition coefficient (Wildman–Crippen LogP) is 26.4. The van der Waals surface area contributed by atoms with Crippen molar-refractivity contribution < 1.29 is 0 Å². The summed E-state index contributed by atoms with van der Waals surface area (Å²) < 4.78 is 0. The monoisotopic (exact) mass is 1450 g/mol. The van der Waals surface area contributed by atoms with Crippen molar-refractivity contribution in [1.82, 2.24) is 29.9 Å². The zero-order valence-electron chi connectivity index (χ0n) is 61.8. The lowest BCUT2D eigenvalue weighted by Crippen LogP contribution is -2.28. The Balaban J connectivity index is 0.610. The summed E-state index contributed by atoms with van der Waals surface area (Å²) in [5.74, 6) is 3.68. The number of nitrogens with zero attached hydrogens (tertiary/aromatic N) is 6. The molecule has 6 heteroatoms. The van der Waals surface area contributed by atoms with Crippen LogP contribution in [0.15, 0.2) is 400 Å². The van der Waals surface area contributed by atoms with Crippen LogP contribution in [0.25, 0.3) is 178 Å². The first-order valence-corrected chi connectivity index (χ1v) is 39.0. The van der Waals surface area contributed by atoms with Crippen LogP contribution in [0.4, 0.5) is 0 Å². The Bertz CT molecular complexity index is 7170. The molecule has 2 heterocycles. The maximum absolute atomic E-state index is 5.40. The molecule has 6 nitrogen and oxygen atoms in total. The maximum Gasteiger partial charge on any atom is 0.164 e. The van der Waals surface area contributed by atoms with Gasteiger partial charge < -0.3 is 0 Å². The molecule has 0 atom stereocenters. The highest BCUT2D eigenvalue weighted by atomic mass is 15.0. The second-order valence-electron chi connectivity index (χ2n) is 30.3. The van der Waals surface area contributed by atoms with Crippen LogP contribution in [0.1, 0.15) is 44.5 Å². The third-order valence-electron chi connectivity index (χ3n) is 24.2. The van der Waals surface area contributed by atoms with Gasteiger partial charge in [-0.3, -0.25) is 0 Å². The zero-order chi connectivity index (χ0) is 75.0. The number of hydrogen-bond acceptors (Lipinski definition) is 6. The molecule has 0 amide bonds. The molecule has 0 aliphatic heterocycles. The minimum atomic E-state index is -0.570. The van der Waals surface area contributed by atoms with Gasteiger partial charge in [0.1, 0.15) is 0 Å². The number of rotatable bonds is 11. The number of aromatic nitrogens is 6. The SMILES string of the molecule is c1ccc(C2(c3ccccc3)c3ccccc3-c3c(-c4ccc(-c5nc(-c6ccc7ccccc7c6)nc(-c6ccc7ccc(-c8ccc9c(c8)-c8ccc(-c%10ccc(-c%11nc(-c%12ccc%13ccccc%13c%12)nc(-c%12ccc%13ccccc%13c%12)n%11)cc%10)cc8C98c9ccccc9-c9ccccc98)cc7c6)n5)cc4)cccc32)cc1.